The summed E-state index contributed by atoms with van der Waals surface area (Å²) in [6.07, 6.45) is 0.830. The molecule has 19 heavy (non-hydrogen) atoms. The van der Waals surface area contributed by atoms with Gasteiger partial charge >= 0.3 is 5.97 Å². The minimum absolute atomic E-state index is 0.00201. The Morgan fingerprint density at radius 3 is 2.58 bits per heavy atom. The number of nitrogens with one attached hydrogen (secondary N) is 1. The predicted molar refractivity (Wildman–Crippen MR) is 71.0 cm³/mol. The number of halogens is 2. The van der Waals surface area contributed by atoms with E-state index in [2.05, 4.69) is 5.32 Å². The number of aromatic carboxylic acids is 1. The summed E-state index contributed by atoms with van der Waals surface area (Å²) >= 11 is 11.7. The Bertz CT molecular complexity index is 527. The molecular formula is C12H11Cl2NO4. The summed E-state index contributed by atoms with van der Waals surface area (Å²) in [6.45, 7) is 0.521. The van der Waals surface area contributed by atoms with E-state index < -0.39 is 18.0 Å². The van der Waals surface area contributed by atoms with Crippen molar-refractivity contribution in [1.82, 2.24) is 0 Å². The lowest BCUT2D eigenvalue weighted by molar-refractivity contribution is -0.124. The molecule has 0 bridgehead atoms. The highest BCUT2D eigenvalue weighted by Gasteiger charge is 2.26. The van der Waals surface area contributed by atoms with Gasteiger partial charge in [0.25, 0.3) is 5.91 Å². The normalized spacial score (nSPS) is 18.3. The zero-order chi connectivity index (χ0) is 14.0. The Balaban J connectivity index is 2.30. The van der Waals surface area contributed by atoms with Crippen LogP contribution in [0.25, 0.3) is 0 Å². The summed E-state index contributed by atoms with van der Waals surface area (Å²) in [6, 6.07) is 2.80. The number of carbonyl (C=O) groups excluding carboxylic acids is 1. The molecule has 1 fully saturated rings. The van der Waals surface area contributed by atoms with Gasteiger partial charge < -0.3 is 15.2 Å². The van der Waals surface area contributed by atoms with E-state index in [4.69, 9.17) is 33.0 Å². The topological polar surface area (TPSA) is 75.6 Å². The van der Waals surface area contributed by atoms with Crippen molar-refractivity contribution in [2.45, 2.75) is 18.9 Å². The van der Waals surface area contributed by atoms with Crippen LogP contribution >= 0.6 is 23.2 Å². The highest BCUT2D eigenvalue weighted by atomic mass is 35.5. The molecule has 2 N–H and O–H groups in total. The first-order valence-corrected chi connectivity index (χ1v) is 6.40. The van der Waals surface area contributed by atoms with Crippen LogP contribution in [0, 0.1) is 0 Å². The number of rotatable bonds is 3. The zero-order valence-corrected chi connectivity index (χ0v) is 11.3. The maximum absolute atomic E-state index is 11.9. The van der Waals surface area contributed by atoms with Gasteiger partial charge in [0.1, 0.15) is 11.7 Å². The van der Waals surface area contributed by atoms with Crippen molar-refractivity contribution >= 4 is 40.8 Å². The van der Waals surface area contributed by atoms with Crippen molar-refractivity contribution < 1.29 is 19.4 Å². The molecule has 0 spiro atoms. The van der Waals surface area contributed by atoms with Crippen LogP contribution < -0.4 is 5.32 Å². The van der Waals surface area contributed by atoms with Crippen molar-refractivity contribution in [1.29, 1.82) is 0 Å². The molecule has 1 heterocycles. The lowest BCUT2D eigenvalue weighted by Crippen LogP contribution is -2.28. The van der Waals surface area contributed by atoms with Crippen LogP contribution in [-0.2, 0) is 9.53 Å². The molecule has 2 rings (SSSR count). The summed E-state index contributed by atoms with van der Waals surface area (Å²) in [5, 5.41) is 11.7. The van der Waals surface area contributed by atoms with Crippen molar-refractivity contribution in [3.05, 3.63) is 27.7 Å². The molecule has 0 saturated carbocycles. The monoisotopic (exact) mass is 303 g/mol. The molecule has 1 aliphatic heterocycles. The van der Waals surface area contributed by atoms with Crippen LogP contribution in [0.1, 0.15) is 23.2 Å². The van der Waals surface area contributed by atoms with Gasteiger partial charge in [-0.3, -0.25) is 4.79 Å². The van der Waals surface area contributed by atoms with E-state index in [1.54, 1.807) is 0 Å². The number of hydrogen-bond donors (Lipinski definition) is 2. The van der Waals surface area contributed by atoms with Gasteiger partial charge in [0.15, 0.2) is 0 Å². The maximum atomic E-state index is 11.9. The summed E-state index contributed by atoms with van der Waals surface area (Å²) in [5.41, 5.74) is -0.220. The molecule has 0 aliphatic carbocycles. The van der Waals surface area contributed by atoms with Crippen LogP contribution in [-0.4, -0.2) is 29.7 Å². The van der Waals surface area contributed by atoms with E-state index in [1.165, 1.54) is 12.1 Å². The molecule has 1 saturated heterocycles. The third-order valence-corrected chi connectivity index (χ3v) is 3.42. The molecule has 1 atom stereocenters. The lowest BCUT2D eigenvalue weighted by Gasteiger charge is -2.14. The van der Waals surface area contributed by atoms with Crippen LogP contribution in [0.4, 0.5) is 5.69 Å². The van der Waals surface area contributed by atoms with Crippen molar-refractivity contribution in [3.63, 3.8) is 0 Å². The Morgan fingerprint density at radius 1 is 1.32 bits per heavy atom. The van der Waals surface area contributed by atoms with Gasteiger partial charge in [-0.1, -0.05) is 23.2 Å². The van der Waals surface area contributed by atoms with E-state index >= 15 is 0 Å². The number of benzene rings is 1. The molecule has 1 aliphatic rings. The number of anilines is 1. The fraction of sp³-hybridized carbons (Fsp3) is 0.333. The minimum atomic E-state index is -1.25. The second-order valence-electron chi connectivity index (χ2n) is 4.08. The molecule has 0 unspecified atom stereocenters. The van der Waals surface area contributed by atoms with Gasteiger partial charge in [-0.05, 0) is 25.0 Å². The van der Waals surface area contributed by atoms with Crippen LogP contribution in [0.2, 0.25) is 10.0 Å². The standard InChI is InChI=1S/C12H11Cl2NO4/c13-6-3-4-7(14)10(9(6)12(17)18)15-11(16)8-2-1-5-19-8/h3-4,8H,1-2,5H2,(H,15,16)(H,17,18)/t8-/m0/s1. The van der Waals surface area contributed by atoms with Crippen LogP contribution in [0.5, 0.6) is 0 Å². The van der Waals surface area contributed by atoms with Gasteiger partial charge in [0.2, 0.25) is 0 Å². The van der Waals surface area contributed by atoms with E-state index in [-0.39, 0.29) is 21.3 Å². The fourth-order valence-corrected chi connectivity index (χ4v) is 2.31. The molecule has 0 radical (unpaired) electrons. The van der Waals surface area contributed by atoms with E-state index in [1.807, 2.05) is 0 Å². The quantitative estimate of drug-likeness (QED) is 0.900. The maximum Gasteiger partial charge on any atom is 0.339 e. The largest absolute Gasteiger partial charge is 0.478 e. The summed E-state index contributed by atoms with van der Waals surface area (Å²) in [5.74, 6) is -1.67. The molecule has 1 aromatic carbocycles. The fourth-order valence-electron chi connectivity index (χ4n) is 1.87. The third-order valence-electron chi connectivity index (χ3n) is 2.79. The first-order valence-electron chi connectivity index (χ1n) is 5.64. The molecule has 5 nitrogen and oxygen atoms in total. The summed E-state index contributed by atoms with van der Waals surface area (Å²) in [4.78, 5) is 23.1. The second kappa shape index (κ2) is 5.77. The zero-order valence-electron chi connectivity index (χ0n) is 9.78. The van der Waals surface area contributed by atoms with E-state index in [0.29, 0.717) is 13.0 Å². The second-order valence-corrected chi connectivity index (χ2v) is 4.89. The average molecular weight is 304 g/mol. The summed E-state index contributed by atoms with van der Waals surface area (Å²) in [7, 11) is 0. The van der Waals surface area contributed by atoms with Gasteiger partial charge in [-0.25, -0.2) is 4.79 Å². The Morgan fingerprint density at radius 2 is 2.00 bits per heavy atom. The first-order chi connectivity index (χ1) is 9.00. The van der Waals surface area contributed by atoms with Crippen molar-refractivity contribution in [2.75, 3.05) is 11.9 Å². The first kappa shape index (κ1) is 14.1. The van der Waals surface area contributed by atoms with Gasteiger partial charge in [0.05, 0.1) is 15.7 Å². The highest BCUT2D eigenvalue weighted by molar-refractivity contribution is 6.38. The third kappa shape index (κ3) is 3.00. The van der Waals surface area contributed by atoms with Crippen molar-refractivity contribution in [3.8, 4) is 0 Å². The molecule has 1 amide bonds. The number of carbonyl (C=O) groups is 2. The summed E-state index contributed by atoms with van der Waals surface area (Å²) < 4.78 is 5.22. The average Bonchev–Trinajstić information content (AvgIpc) is 2.87. The van der Waals surface area contributed by atoms with E-state index in [0.717, 1.165) is 6.42 Å². The smallest absolute Gasteiger partial charge is 0.339 e. The Kier molecular flexibility index (Phi) is 4.29. The number of amides is 1. The minimum Gasteiger partial charge on any atom is -0.478 e. The van der Waals surface area contributed by atoms with Crippen molar-refractivity contribution in [2.24, 2.45) is 0 Å². The van der Waals surface area contributed by atoms with Gasteiger partial charge in [-0.15, -0.1) is 0 Å². The Labute approximate surface area is 119 Å². The predicted octanol–water partition coefficient (Wildman–Crippen LogP) is 2.81. The van der Waals surface area contributed by atoms with Gasteiger partial charge in [0, 0.05) is 6.61 Å². The number of hydrogen-bond acceptors (Lipinski definition) is 3. The Hall–Kier alpha value is -1.30. The molecule has 102 valence electrons. The number of carboxylic acid groups (broad SMARTS) is 1. The molecule has 7 heteroatoms. The molecule has 0 aromatic heterocycles. The number of carboxylic acids is 1. The van der Waals surface area contributed by atoms with Crippen LogP contribution in [0.15, 0.2) is 12.1 Å². The SMILES string of the molecule is O=C(O)c1c(Cl)ccc(Cl)c1NC(=O)[C@@H]1CCCO1. The van der Waals surface area contributed by atoms with E-state index in [9.17, 15) is 9.59 Å². The lowest BCUT2D eigenvalue weighted by atomic mass is 10.1. The van der Waals surface area contributed by atoms with Crippen LogP contribution in [0.3, 0.4) is 0 Å². The van der Waals surface area contributed by atoms with Gasteiger partial charge in [-0.2, -0.15) is 0 Å². The highest BCUT2D eigenvalue weighted by Crippen LogP contribution is 2.32. The molecular weight excluding hydrogens is 293 g/mol. The number of ether oxygens (including phenoxy) is 1. The molecule has 1 aromatic rings.